The van der Waals surface area contributed by atoms with Crippen LogP contribution in [0.2, 0.25) is 0 Å². The van der Waals surface area contributed by atoms with Gasteiger partial charge in [-0.05, 0) is 0 Å². The van der Waals surface area contributed by atoms with Crippen LogP contribution in [-0.4, -0.2) is 15.5 Å². The van der Waals surface area contributed by atoms with Crippen molar-refractivity contribution in [2.24, 2.45) is 5.73 Å². The van der Waals surface area contributed by atoms with Gasteiger partial charge in [0.05, 0.1) is 0 Å². The third kappa shape index (κ3) is 59.1. The van der Waals surface area contributed by atoms with Crippen molar-refractivity contribution in [3.63, 3.8) is 0 Å². The molecule has 0 unspecified atom stereocenters. The molecular weight excluding hydrogens is 827 g/mol. The number of rotatable bonds is 0. The predicted octanol–water partition coefficient (Wildman–Crippen LogP) is 1.70. The molecule has 0 bridgehead atoms. The molecule has 8 heavy (non-hydrogen) atoms. The summed E-state index contributed by atoms with van der Waals surface area (Å²) in [6.45, 7) is 0. The molecule has 0 radical (unpaired) electrons. The van der Waals surface area contributed by atoms with Crippen LogP contribution in [0.3, 0.4) is 0 Å². The van der Waals surface area contributed by atoms with E-state index < -0.39 is 9.18 Å². The van der Waals surface area contributed by atoms with Gasteiger partial charge in [0.25, 0.3) is 0 Å². The summed E-state index contributed by atoms with van der Waals surface area (Å²) in [5, 5.41) is 5.74. The normalized spacial score (nSPS) is 6.00. The Morgan fingerprint density at radius 3 is 1.38 bits per heavy atom. The molecule has 0 aliphatic heterocycles. The molecule has 0 rings (SSSR count). The molecule has 54 valence electrons. The van der Waals surface area contributed by atoms with Crippen LogP contribution in [0.1, 0.15) is 0 Å². The van der Waals surface area contributed by atoms with Gasteiger partial charge in [-0.2, -0.15) is 0 Å². The monoisotopic (exact) mass is 830 g/mol. The Labute approximate surface area is 100 Å². The van der Waals surface area contributed by atoms with Crippen LogP contribution < -0.4 is 5.73 Å². The van der Waals surface area contributed by atoms with E-state index in [4.69, 9.17) is 5.41 Å². The van der Waals surface area contributed by atoms with Crippen molar-refractivity contribution in [1.29, 1.82) is 5.41 Å². The van der Waals surface area contributed by atoms with Gasteiger partial charge in [-0.1, -0.05) is 0 Å². The molecule has 0 saturated carbocycles. The molecule has 2 nitrogen and oxygen atoms in total. The zero-order valence-electron chi connectivity index (χ0n) is 3.46. The first-order valence-electron chi connectivity index (χ1n) is 1.05. The standard InChI is InChI=1S/CH3N2.Au.Bi.3HI/c2-1-3;;;;;/h(H3,2,3);;;3*1H/q-1;+1;+3;;;/p-3. The second-order valence-electron chi connectivity index (χ2n) is 0.336. The summed E-state index contributed by atoms with van der Waals surface area (Å²) in [5.74, 6) is 0. The number of nitrogens with two attached hydrogens (primary N) is 1. The van der Waals surface area contributed by atoms with Crippen LogP contribution in [0.5, 0.6) is 0 Å². The van der Waals surface area contributed by atoms with E-state index in [0.29, 0.717) is 0 Å². The maximum absolute atomic E-state index is 5.74. The van der Waals surface area contributed by atoms with E-state index in [1.807, 2.05) is 0 Å². The molecule has 0 amide bonds. The van der Waals surface area contributed by atoms with Crippen LogP contribution in [0.25, 0.3) is 0 Å². The molecule has 0 atom stereocenters. The third-order valence-electron chi connectivity index (χ3n) is 0. The number of hydrogen-bond donors (Lipinski definition) is 2. The predicted molar refractivity (Wildman–Crippen MR) is 59.7 cm³/mol. The third-order valence-corrected chi connectivity index (χ3v) is 0. The Hall–Kier alpha value is 3.28. The average Bonchev–Trinajstić information content (AvgIpc) is 1.33. The Morgan fingerprint density at radius 1 is 1.38 bits per heavy atom. The minimum absolute atomic E-state index is 0. The van der Waals surface area contributed by atoms with Gasteiger partial charge in [0.2, 0.25) is 0 Å². The molecule has 0 saturated heterocycles. The molecule has 0 aromatic rings. The van der Waals surface area contributed by atoms with Crippen LogP contribution in [0.15, 0.2) is 0 Å². The van der Waals surface area contributed by atoms with E-state index in [1.54, 1.807) is 0 Å². The van der Waals surface area contributed by atoms with Crippen molar-refractivity contribution >= 4 is 69.7 Å². The van der Waals surface area contributed by atoms with E-state index in [2.05, 4.69) is 59.9 Å². The fourth-order valence-electron chi connectivity index (χ4n) is 0. The Kier molecular flexibility index (Phi) is 36.3. The van der Waals surface area contributed by atoms with Crippen LogP contribution in [0.4, 0.5) is 0 Å². The van der Waals surface area contributed by atoms with Crippen LogP contribution in [-0.2, 0) is 22.4 Å². The maximum atomic E-state index is 5.74. The second kappa shape index (κ2) is 16.7. The van der Waals surface area contributed by atoms with Crippen molar-refractivity contribution in [2.45, 2.75) is 0 Å². The molecule has 7 heteroatoms. The molecule has 3 N–H and O–H groups in total. The molecule has 0 spiro atoms. The topological polar surface area (TPSA) is 49.9 Å². The van der Waals surface area contributed by atoms with Gasteiger partial charge >= 0.3 is 85.7 Å². The zero-order chi connectivity index (χ0) is 6.28. The van der Waals surface area contributed by atoms with Gasteiger partial charge in [-0.3, -0.25) is 0 Å². The van der Waals surface area contributed by atoms with E-state index in [9.17, 15) is 0 Å². The minimum atomic E-state index is -0.683. The van der Waals surface area contributed by atoms with Gasteiger partial charge in [0.1, 0.15) is 0 Å². The van der Waals surface area contributed by atoms with Crippen molar-refractivity contribution < 1.29 is 22.4 Å². The first kappa shape index (κ1) is 17.4. The molecular formula is CH3AuBiI3N2. The van der Waals surface area contributed by atoms with E-state index >= 15 is 0 Å². The molecule has 0 aromatic carbocycles. The average molecular weight is 830 g/mol. The van der Waals surface area contributed by atoms with Crippen LogP contribution in [0, 0.1) is 5.41 Å². The number of hydrogen-bond acceptors (Lipinski definition) is 1. The van der Waals surface area contributed by atoms with Gasteiger partial charge in [0.15, 0.2) is 0 Å². The quantitative estimate of drug-likeness (QED) is 0.0961. The summed E-state index contributed by atoms with van der Waals surface area (Å²) in [7, 11) is -0.683. The summed E-state index contributed by atoms with van der Waals surface area (Å²) >= 11 is 7.56. The Morgan fingerprint density at radius 2 is 1.38 bits per heavy atom. The van der Waals surface area contributed by atoms with Crippen molar-refractivity contribution in [3.8, 4) is 0 Å². The van der Waals surface area contributed by atoms with Crippen molar-refractivity contribution in [1.82, 2.24) is 0 Å². The van der Waals surface area contributed by atoms with Crippen molar-refractivity contribution in [2.75, 3.05) is 0 Å². The fourth-order valence-corrected chi connectivity index (χ4v) is 0. The SMILES string of the molecule is N=[C-]N.[Au+].[I][Bi]([I])[I]. The van der Waals surface area contributed by atoms with Crippen LogP contribution >= 0.6 is 54.1 Å². The van der Waals surface area contributed by atoms with E-state index in [-0.39, 0.29) is 22.4 Å². The molecule has 0 heterocycles. The van der Waals surface area contributed by atoms with Gasteiger partial charge < -0.3 is 17.5 Å². The summed E-state index contributed by atoms with van der Waals surface area (Å²) in [6.07, 6.45) is 1.50. The van der Waals surface area contributed by atoms with Gasteiger partial charge in [-0.25, -0.2) is 0 Å². The summed E-state index contributed by atoms with van der Waals surface area (Å²) < 4.78 is 0. The fraction of sp³-hybridized carbons (Fsp3) is 0. The van der Waals surface area contributed by atoms with E-state index in [1.165, 1.54) is 6.34 Å². The molecule has 0 fully saturated rings. The number of nitrogens with one attached hydrogen (secondary N) is 1. The molecule has 0 aliphatic carbocycles. The number of halogens is 3. The van der Waals surface area contributed by atoms with Gasteiger partial charge in [0, 0.05) is 0 Å². The summed E-state index contributed by atoms with van der Waals surface area (Å²) in [5.41, 5.74) is 4.26. The Bertz CT molecular complexity index is 41.5. The van der Waals surface area contributed by atoms with Crippen molar-refractivity contribution in [3.05, 3.63) is 0 Å². The van der Waals surface area contributed by atoms with Gasteiger partial charge in [-0.15, -0.1) is 0 Å². The van der Waals surface area contributed by atoms with E-state index in [0.717, 1.165) is 0 Å². The zero-order valence-corrected chi connectivity index (χ0v) is 15.6. The first-order chi connectivity index (χ1) is 3.15. The molecule has 0 aromatic heterocycles. The summed E-state index contributed by atoms with van der Waals surface area (Å²) in [4.78, 5) is 0. The molecule has 0 aliphatic rings. The summed E-state index contributed by atoms with van der Waals surface area (Å²) in [6, 6.07) is 0. The Balaban J connectivity index is -0.0000000575. The first-order valence-corrected chi connectivity index (χ1v) is 30.4. The second-order valence-corrected chi connectivity index (χ2v) is 75.8.